The Bertz CT molecular complexity index is 563. The van der Waals surface area contributed by atoms with Gasteiger partial charge in [-0.3, -0.25) is 9.05 Å². The molecule has 9 heteroatoms. The Kier molecular flexibility index (Phi) is 14.6. The Morgan fingerprint density at radius 3 is 1.79 bits per heavy atom. The summed E-state index contributed by atoms with van der Waals surface area (Å²) in [6.45, 7) is 12.3. The molecule has 0 amide bonds. The number of carbonyl (C=O) groups is 2. The molecule has 168 valence electrons. The van der Waals surface area contributed by atoms with Gasteiger partial charge in [-0.15, -0.1) is 0 Å². The monoisotopic (exact) mass is 434 g/mol. The summed E-state index contributed by atoms with van der Waals surface area (Å²) < 4.78 is 32.8. The molecule has 4 unspecified atom stereocenters. The van der Waals surface area contributed by atoms with Gasteiger partial charge in [-0.2, -0.15) is 0 Å². The van der Waals surface area contributed by atoms with Gasteiger partial charge >= 0.3 is 19.8 Å². The molecule has 0 aromatic carbocycles. The van der Waals surface area contributed by atoms with Crippen molar-refractivity contribution < 1.29 is 37.6 Å². The molecule has 0 aromatic rings. The van der Waals surface area contributed by atoms with Crippen LogP contribution in [0.2, 0.25) is 0 Å². The first-order valence-corrected chi connectivity index (χ1v) is 11.5. The van der Waals surface area contributed by atoms with Crippen molar-refractivity contribution in [3.8, 4) is 0 Å². The van der Waals surface area contributed by atoms with Gasteiger partial charge < -0.3 is 14.4 Å². The first kappa shape index (κ1) is 27.5. The molecule has 0 saturated heterocycles. The minimum absolute atomic E-state index is 0.000877. The Morgan fingerprint density at radius 1 is 0.897 bits per heavy atom. The van der Waals surface area contributed by atoms with Gasteiger partial charge in [0.15, 0.2) is 0 Å². The quantitative estimate of drug-likeness (QED) is 0.155. The third kappa shape index (κ3) is 13.4. The first-order chi connectivity index (χ1) is 13.7. The van der Waals surface area contributed by atoms with Crippen LogP contribution in [0.5, 0.6) is 0 Å². The van der Waals surface area contributed by atoms with E-state index in [9.17, 15) is 19.0 Å². The lowest BCUT2D eigenvalue weighted by Gasteiger charge is -2.22. The molecule has 0 aliphatic carbocycles. The average molecular weight is 434 g/mol. The van der Waals surface area contributed by atoms with Crippen LogP contribution < -0.4 is 0 Å². The van der Waals surface area contributed by atoms with E-state index in [1.165, 1.54) is 0 Å². The molecule has 0 heterocycles. The Balaban J connectivity index is 4.37. The van der Waals surface area contributed by atoms with Crippen LogP contribution in [0.3, 0.4) is 0 Å². The van der Waals surface area contributed by atoms with E-state index in [2.05, 4.69) is 13.2 Å². The van der Waals surface area contributed by atoms with E-state index in [-0.39, 0.29) is 18.8 Å². The standard InChI is InChI=1S/C20H35O8P/c1-6-16(26-19(21)9-4)12-11-15-25-29(23,24)28-18(8-3)14-13-17(7-2)27-20(22)10-5/h9-10,16-18H,4-8,11-15H2,1-3H3,(H,23,24). The summed E-state index contributed by atoms with van der Waals surface area (Å²) in [4.78, 5) is 32.5. The summed E-state index contributed by atoms with van der Waals surface area (Å²) in [5.74, 6) is -0.991. The van der Waals surface area contributed by atoms with Crippen LogP contribution >= 0.6 is 7.82 Å². The van der Waals surface area contributed by atoms with E-state index < -0.39 is 25.9 Å². The maximum Gasteiger partial charge on any atom is 0.472 e. The third-order valence-corrected chi connectivity index (χ3v) is 5.36. The fourth-order valence-corrected chi connectivity index (χ4v) is 3.58. The molecule has 0 spiro atoms. The molecule has 29 heavy (non-hydrogen) atoms. The van der Waals surface area contributed by atoms with Crippen molar-refractivity contribution in [2.75, 3.05) is 6.61 Å². The van der Waals surface area contributed by atoms with Crippen LogP contribution in [0.4, 0.5) is 0 Å². The second kappa shape index (κ2) is 15.4. The van der Waals surface area contributed by atoms with Crippen molar-refractivity contribution >= 4 is 19.8 Å². The number of phosphoric ester groups is 1. The van der Waals surface area contributed by atoms with Crippen molar-refractivity contribution in [3.05, 3.63) is 25.3 Å². The van der Waals surface area contributed by atoms with E-state index in [4.69, 9.17) is 18.5 Å². The summed E-state index contributed by atoms with van der Waals surface area (Å²) in [6, 6.07) is 0. The second-order valence-corrected chi connectivity index (χ2v) is 7.91. The fourth-order valence-electron chi connectivity index (χ4n) is 2.53. The lowest BCUT2D eigenvalue weighted by molar-refractivity contribution is -0.144. The molecule has 1 N–H and O–H groups in total. The number of hydrogen-bond acceptors (Lipinski definition) is 7. The van der Waals surface area contributed by atoms with E-state index in [0.717, 1.165) is 12.2 Å². The van der Waals surface area contributed by atoms with Crippen molar-refractivity contribution in [1.82, 2.24) is 0 Å². The van der Waals surface area contributed by atoms with Gasteiger partial charge in [0.05, 0.1) is 12.7 Å². The highest BCUT2D eigenvalue weighted by Crippen LogP contribution is 2.46. The highest BCUT2D eigenvalue weighted by atomic mass is 31.2. The van der Waals surface area contributed by atoms with Gasteiger partial charge in [-0.25, -0.2) is 14.2 Å². The largest absolute Gasteiger partial charge is 0.472 e. The molecule has 0 aliphatic heterocycles. The number of esters is 2. The Labute approximate surface area is 173 Å². The van der Waals surface area contributed by atoms with E-state index in [0.29, 0.717) is 44.9 Å². The fraction of sp³-hybridized carbons (Fsp3) is 0.700. The lowest BCUT2D eigenvalue weighted by atomic mass is 10.1. The normalized spacial score (nSPS) is 16.1. The first-order valence-electron chi connectivity index (χ1n) is 10.0. The molecule has 0 aromatic heterocycles. The lowest BCUT2D eigenvalue weighted by Crippen LogP contribution is -2.20. The highest BCUT2D eigenvalue weighted by Gasteiger charge is 2.26. The van der Waals surface area contributed by atoms with Crippen LogP contribution in [0.25, 0.3) is 0 Å². The topological polar surface area (TPSA) is 108 Å². The molecule has 8 nitrogen and oxygen atoms in total. The number of phosphoric acid groups is 1. The molecule has 0 rings (SSSR count). The van der Waals surface area contributed by atoms with Crippen LogP contribution in [0.15, 0.2) is 25.3 Å². The van der Waals surface area contributed by atoms with Crippen LogP contribution in [0.1, 0.15) is 65.7 Å². The summed E-state index contributed by atoms with van der Waals surface area (Å²) in [5.41, 5.74) is 0. The zero-order chi connectivity index (χ0) is 22.3. The minimum atomic E-state index is -4.22. The third-order valence-electron chi connectivity index (χ3n) is 4.28. The molecule has 4 atom stereocenters. The smallest absolute Gasteiger partial charge is 0.459 e. The summed E-state index contributed by atoms with van der Waals surface area (Å²) in [5, 5.41) is 0. The van der Waals surface area contributed by atoms with Gasteiger partial charge in [-0.1, -0.05) is 33.9 Å². The predicted molar refractivity (Wildman–Crippen MR) is 110 cm³/mol. The molecule has 0 aliphatic rings. The summed E-state index contributed by atoms with van der Waals surface area (Å²) in [6.07, 6.45) is 4.74. The molecule has 0 saturated carbocycles. The van der Waals surface area contributed by atoms with Gasteiger partial charge in [0.2, 0.25) is 0 Å². The Hall–Kier alpha value is -1.47. The number of carbonyl (C=O) groups excluding carboxylic acids is 2. The summed E-state index contributed by atoms with van der Waals surface area (Å²) >= 11 is 0. The zero-order valence-corrected chi connectivity index (χ0v) is 18.6. The number of hydrogen-bond donors (Lipinski definition) is 1. The molecule has 0 bridgehead atoms. The van der Waals surface area contributed by atoms with E-state index in [1.54, 1.807) is 0 Å². The highest BCUT2D eigenvalue weighted by molar-refractivity contribution is 7.47. The second-order valence-electron chi connectivity index (χ2n) is 6.50. The van der Waals surface area contributed by atoms with Crippen LogP contribution in [-0.2, 0) is 32.7 Å². The number of ether oxygens (including phenoxy) is 2. The van der Waals surface area contributed by atoms with Crippen molar-refractivity contribution in [2.45, 2.75) is 84.0 Å². The van der Waals surface area contributed by atoms with Gasteiger partial charge in [-0.05, 0) is 44.9 Å². The van der Waals surface area contributed by atoms with E-state index >= 15 is 0 Å². The zero-order valence-electron chi connectivity index (χ0n) is 17.7. The van der Waals surface area contributed by atoms with Gasteiger partial charge in [0.1, 0.15) is 12.2 Å². The maximum atomic E-state index is 12.2. The predicted octanol–water partition coefficient (Wildman–Crippen LogP) is 4.47. The maximum absolute atomic E-state index is 12.2. The minimum Gasteiger partial charge on any atom is -0.459 e. The Morgan fingerprint density at radius 2 is 1.34 bits per heavy atom. The SMILES string of the molecule is C=CC(=O)OC(CC)CCCOP(=O)(O)OC(CC)CCC(CC)OC(=O)C=C. The molecule has 0 fully saturated rings. The van der Waals surface area contributed by atoms with Gasteiger partial charge in [0, 0.05) is 12.2 Å². The van der Waals surface area contributed by atoms with Crippen LogP contribution in [0, 0.1) is 0 Å². The van der Waals surface area contributed by atoms with E-state index in [1.807, 2.05) is 20.8 Å². The van der Waals surface area contributed by atoms with Crippen molar-refractivity contribution in [1.29, 1.82) is 0 Å². The van der Waals surface area contributed by atoms with Gasteiger partial charge in [0.25, 0.3) is 0 Å². The number of rotatable bonds is 17. The average Bonchev–Trinajstić information content (AvgIpc) is 2.71. The van der Waals surface area contributed by atoms with Crippen molar-refractivity contribution in [3.63, 3.8) is 0 Å². The molecule has 0 radical (unpaired) electrons. The van der Waals surface area contributed by atoms with Crippen LogP contribution in [-0.4, -0.2) is 41.8 Å². The molecular weight excluding hydrogens is 399 g/mol. The summed E-state index contributed by atoms with van der Waals surface area (Å²) in [7, 11) is -4.22. The van der Waals surface area contributed by atoms with Crippen molar-refractivity contribution in [2.24, 2.45) is 0 Å². The molecular formula is C20H35O8P.